The maximum absolute atomic E-state index is 13.1. The summed E-state index contributed by atoms with van der Waals surface area (Å²) in [6, 6.07) is 16.1. The summed E-state index contributed by atoms with van der Waals surface area (Å²) in [5, 5.41) is 5.85. The second kappa shape index (κ2) is 7.95. The second-order valence-corrected chi connectivity index (χ2v) is 8.18. The molecule has 1 amide bonds. The van der Waals surface area contributed by atoms with E-state index in [-0.39, 0.29) is 5.91 Å². The molecule has 6 heteroatoms. The van der Waals surface area contributed by atoms with Crippen LogP contribution in [0.5, 0.6) is 5.75 Å². The van der Waals surface area contributed by atoms with Gasteiger partial charge in [0.15, 0.2) is 5.69 Å². The Hall–Kier alpha value is -3.54. The molecular weight excluding hydrogens is 388 g/mol. The highest BCUT2D eigenvalue weighted by molar-refractivity contribution is 5.92. The van der Waals surface area contributed by atoms with Gasteiger partial charge in [0, 0.05) is 36.4 Å². The standard InChI is InChI=1S/C25H26N4O2/c1-17-7-8-24(31-2)23(15-17)29-14-11-22(27-29)25(30)28-12-9-18(10-13-28)20-16-26-21-6-4-3-5-19(20)21/h3-8,11,14-16,18,26H,9-10,12-13H2,1-2H3. The Morgan fingerprint density at radius 1 is 1.13 bits per heavy atom. The predicted octanol–water partition coefficient (Wildman–Crippen LogP) is 4.69. The number of aryl methyl sites for hydroxylation is 1. The van der Waals surface area contributed by atoms with E-state index in [9.17, 15) is 4.79 Å². The molecule has 0 spiro atoms. The number of aromatic nitrogens is 3. The van der Waals surface area contributed by atoms with Gasteiger partial charge in [-0.1, -0.05) is 24.3 Å². The van der Waals surface area contributed by atoms with E-state index in [4.69, 9.17) is 4.74 Å². The minimum atomic E-state index is -0.0113. The van der Waals surface area contributed by atoms with Gasteiger partial charge in [0.25, 0.3) is 5.91 Å². The number of para-hydroxylation sites is 1. The molecule has 1 N–H and O–H groups in total. The number of fused-ring (bicyclic) bond motifs is 1. The summed E-state index contributed by atoms with van der Waals surface area (Å²) < 4.78 is 7.18. The van der Waals surface area contributed by atoms with E-state index in [1.54, 1.807) is 17.9 Å². The number of hydrogen-bond acceptors (Lipinski definition) is 3. The quantitative estimate of drug-likeness (QED) is 0.527. The van der Waals surface area contributed by atoms with Crippen molar-refractivity contribution in [1.29, 1.82) is 0 Å². The van der Waals surface area contributed by atoms with Crippen LogP contribution in [0, 0.1) is 6.92 Å². The van der Waals surface area contributed by atoms with Crippen LogP contribution in [0.15, 0.2) is 60.9 Å². The molecule has 158 valence electrons. The van der Waals surface area contributed by atoms with E-state index in [0.717, 1.165) is 42.9 Å². The predicted molar refractivity (Wildman–Crippen MR) is 121 cm³/mol. The molecule has 1 aliphatic heterocycles. The zero-order chi connectivity index (χ0) is 21.4. The fraction of sp³-hybridized carbons (Fsp3) is 0.280. The van der Waals surface area contributed by atoms with E-state index in [1.165, 1.54) is 16.5 Å². The third kappa shape index (κ3) is 3.58. The number of methoxy groups -OCH3 is 1. The smallest absolute Gasteiger partial charge is 0.274 e. The fourth-order valence-corrected chi connectivity index (χ4v) is 4.54. The van der Waals surface area contributed by atoms with E-state index in [0.29, 0.717) is 11.6 Å². The Labute approximate surface area is 181 Å². The number of benzene rings is 2. The zero-order valence-corrected chi connectivity index (χ0v) is 17.8. The molecule has 2 aromatic carbocycles. The van der Waals surface area contributed by atoms with Gasteiger partial charge < -0.3 is 14.6 Å². The largest absolute Gasteiger partial charge is 0.494 e. The molecule has 0 atom stereocenters. The lowest BCUT2D eigenvalue weighted by molar-refractivity contribution is 0.0707. The summed E-state index contributed by atoms with van der Waals surface area (Å²) >= 11 is 0. The molecule has 0 aliphatic carbocycles. The van der Waals surface area contributed by atoms with Crippen LogP contribution >= 0.6 is 0 Å². The number of hydrogen-bond donors (Lipinski definition) is 1. The lowest BCUT2D eigenvalue weighted by Gasteiger charge is -2.31. The maximum Gasteiger partial charge on any atom is 0.274 e. The number of carbonyl (C=O) groups excluding carboxylic acids is 1. The summed E-state index contributed by atoms with van der Waals surface area (Å²) in [7, 11) is 1.64. The monoisotopic (exact) mass is 414 g/mol. The lowest BCUT2D eigenvalue weighted by Crippen LogP contribution is -2.38. The van der Waals surface area contributed by atoms with Crippen LogP contribution in [0.3, 0.4) is 0 Å². The first-order valence-corrected chi connectivity index (χ1v) is 10.7. The molecule has 1 fully saturated rings. The molecule has 2 aromatic heterocycles. The molecule has 0 saturated carbocycles. The van der Waals surface area contributed by atoms with Crippen molar-refractivity contribution in [2.75, 3.05) is 20.2 Å². The average molecular weight is 415 g/mol. The highest BCUT2D eigenvalue weighted by Crippen LogP contribution is 2.33. The van der Waals surface area contributed by atoms with Gasteiger partial charge in [0.05, 0.1) is 7.11 Å². The molecule has 0 unspecified atom stereocenters. The van der Waals surface area contributed by atoms with Crippen LogP contribution in [0.1, 0.15) is 40.4 Å². The van der Waals surface area contributed by atoms with Crippen molar-refractivity contribution < 1.29 is 9.53 Å². The first-order chi connectivity index (χ1) is 15.1. The van der Waals surface area contributed by atoms with E-state index < -0.39 is 0 Å². The Balaban J connectivity index is 1.30. The van der Waals surface area contributed by atoms with Crippen molar-refractivity contribution in [3.05, 3.63) is 77.7 Å². The number of H-pyrrole nitrogens is 1. The number of nitrogens with zero attached hydrogens (tertiary/aromatic N) is 3. The van der Waals surface area contributed by atoms with Crippen molar-refractivity contribution in [1.82, 2.24) is 19.7 Å². The Morgan fingerprint density at radius 3 is 2.74 bits per heavy atom. The fourth-order valence-electron chi connectivity index (χ4n) is 4.54. The highest BCUT2D eigenvalue weighted by Gasteiger charge is 2.27. The van der Waals surface area contributed by atoms with Crippen molar-refractivity contribution in [3.63, 3.8) is 0 Å². The van der Waals surface area contributed by atoms with Crippen molar-refractivity contribution in [3.8, 4) is 11.4 Å². The van der Waals surface area contributed by atoms with Crippen LogP contribution in [-0.4, -0.2) is 45.8 Å². The van der Waals surface area contributed by atoms with Crippen LogP contribution in [-0.2, 0) is 0 Å². The van der Waals surface area contributed by atoms with Crippen molar-refractivity contribution in [2.45, 2.75) is 25.7 Å². The lowest BCUT2D eigenvalue weighted by atomic mass is 9.89. The summed E-state index contributed by atoms with van der Waals surface area (Å²) in [5.74, 6) is 1.18. The second-order valence-electron chi connectivity index (χ2n) is 8.18. The molecule has 31 heavy (non-hydrogen) atoms. The summed E-state index contributed by atoms with van der Waals surface area (Å²) in [6.45, 7) is 3.50. The minimum absolute atomic E-state index is 0.0113. The molecule has 0 radical (unpaired) electrons. The van der Waals surface area contributed by atoms with E-state index in [2.05, 4.69) is 40.5 Å². The van der Waals surface area contributed by atoms with Gasteiger partial charge in [-0.3, -0.25) is 4.79 Å². The van der Waals surface area contributed by atoms with Gasteiger partial charge in [-0.2, -0.15) is 5.10 Å². The molecular formula is C25H26N4O2. The topological polar surface area (TPSA) is 63.1 Å². The van der Waals surface area contributed by atoms with Crippen LogP contribution in [0.25, 0.3) is 16.6 Å². The zero-order valence-electron chi connectivity index (χ0n) is 17.8. The number of aromatic amines is 1. The molecule has 4 aromatic rings. The number of piperidine rings is 1. The van der Waals surface area contributed by atoms with Crippen LogP contribution < -0.4 is 4.74 Å². The van der Waals surface area contributed by atoms with Crippen LogP contribution in [0.2, 0.25) is 0 Å². The number of likely N-dealkylation sites (tertiary alicyclic amines) is 1. The van der Waals surface area contributed by atoms with Gasteiger partial charge in [-0.25, -0.2) is 4.68 Å². The summed E-state index contributed by atoms with van der Waals surface area (Å²) in [5.41, 5.74) is 4.94. The highest BCUT2D eigenvalue weighted by atomic mass is 16.5. The van der Waals surface area contributed by atoms with Gasteiger partial charge in [-0.15, -0.1) is 0 Å². The molecule has 6 nitrogen and oxygen atoms in total. The van der Waals surface area contributed by atoms with Crippen molar-refractivity contribution >= 4 is 16.8 Å². The molecule has 5 rings (SSSR count). The Morgan fingerprint density at radius 2 is 1.94 bits per heavy atom. The summed E-state index contributed by atoms with van der Waals surface area (Å²) in [6.07, 6.45) is 5.87. The first kappa shape index (κ1) is 19.4. The van der Waals surface area contributed by atoms with E-state index in [1.807, 2.05) is 36.2 Å². The molecule has 1 aliphatic rings. The molecule has 0 bridgehead atoms. The third-order valence-corrected chi connectivity index (χ3v) is 6.23. The Bertz CT molecular complexity index is 1230. The normalized spacial score (nSPS) is 14.8. The van der Waals surface area contributed by atoms with Gasteiger partial charge >= 0.3 is 0 Å². The SMILES string of the molecule is COc1ccc(C)cc1-n1ccc(C(=O)N2CCC(c3c[nH]c4ccccc34)CC2)n1. The van der Waals surface area contributed by atoms with E-state index >= 15 is 0 Å². The number of carbonyl (C=O) groups is 1. The Kier molecular flexibility index (Phi) is 4.98. The average Bonchev–Trinajstić information content (AvgIpc) is 3.46. The number of rotatable bonds is 4. The molecule has 3 heterocycles. The maximum atomic E-state index is 13.1. The van der Waals surface area contributed by atoms with Gasteiger partial charge in [-0.05, 0) is 61.1 Å². The van der Waals surface area contributed by atoms with Gasteiger partial charge in [0.2, 0.25) is 0 Å². The first-order valence-electron chi connectivity index (χ1n) is 10.7. The minimum Gasteiger partial charge on any atom is -0.494 e. The van der Waals surface area contributed by atoms with Crippen molar-refractivity contribution in [2.24, 2.45) is 0 Å². The molecule has 1 saturated heterocycles. The number of ether oxygens (including phenoxy) is 1. The number of nitrogens with one attached hydrogen (secondary N) is 1. The number of amides is 1. The van der Waals surface area contributed by atoms with Crippen LogP contribution in [0.4, 0.5) is 0 Å². The van der Waals surface area contributed by atoms with Gasteiger partial charge in [0.1, 0.15) is 11.4 Å². The summed E-state index contributed by atoms with van der Waals surface area (Å²) in [4.78, 5) is 18.4. The third-order valence-electron chi connectivity index (χ3n) is 6.23.